The average molecular weight is 1570 g/mol. The molecular formula is C81H98FN23O10. The molecule has 4 amide bonds. The lowest BCUT2D eigenvalue weighted by Crippen LogP contribution is -2.43. The van der Waals surface area contributed by atoms with Crippen LogP contribution in [0.15, 0.2) is 115 Å². The van der Waals surface area contributed by atoms with Gasteiger partial charge in [0.1, 0.15) is 5.69 Å². The first-order valence-corrected chi connectivity index (χ1v) is 38.6. The summed E-state index contributed by atoms with van der Waals surface area (Å²) >= 11 is 0. The molecule has 13 aromatic rings. The number of carbonyl (C=O) groups excluding carboxylic acids is 4. The van der Waals surface area contributed by atoms with E-state index in [4.69, 9.17) is 30.3 Å². The summed E-state index contributed by atoms with van der Waals surface area (Å²) < 4.78 is 45.1. The van der Waals surface area contributed by atoms with Crippen LogP contribution in [-0.2, 0) is 47.4 Å². The molecule has 0 spiro atoms. The highest BCUT2D eigenvalue weighted by Gasteiger charge is 2.32. The molecule has 4 fully saturated rings. The molecule has 0 aliphatic carbocycles. The number of aliphatic carboxylic acids is 1. The number of piperidine rings is 4. The number of carboxylic acid groups (broad SMARTS) is 1. The Kier molecular flexibility index (Phi) is 26.3. The second kappa shape index (κ2) is 37.5. The van der Waals surface area contributed by atoms with Crippen molar-refractivity contribution in [2.75, 3.05) is 72.6 Å². The molecular weight excluding hydrogens is 1470 g/mol. The first-order valence-electron chi connectivity index (χ1n) is 39.3. The van der Waals surface area contributed by atoms with E-state index in [0.29, 0.717) is 85.2 Å². The number of aryl methyl sites for hydroxylation is 8. The van der Waals surface area contributed by atoms with Gasteiger partial charge in [-0.05, 0) is 129 Å². The van der Waals surface area contributed by atoms with Crippen molar-refractivity contribution in [1.29, 1.82) is 0 Å². The molecule has 17 rings (SSSR count). The summed E-state index contributed by atoms with van der Waals surface area (Å²) in [5.74, 6) is 4.93. The molecule has 4 saturated heterocycles. The van der Waals surface area contributed by atoms with Crippen molar-refractivity contribution in [1.82, 2.24) is 110 Å². The van der Waals surface area contributed by atoms with E-state index in [0.717, 1.165) is 172 Å². The van der Waals surface area contributed by atoms with E-state index in [1.54, 1.807) is 41.1 Å². The fourth-order valence-electron chi connectivity index (χ4n) is 14.8. The predicted octanol–water partition coefficient (Wildman–Crippen LogP) is 10.6. The van der Waals surface area contributed by atoms with Crippen LogP contribution in [-0.4, -0.2) is 207 Å². The lowest BCUT2D eigenvalue weighted by atomic mass is 9.96. The lowest BCUT2D eigenvalue weighted by molar-refractivity contribution is -0.136. The van der Waals surface area contributed by atoms with Crippen LogP contribution in [0, 0.1) is 27.7 Å². The molecule has 4 aromatic carbocycles. The predicted molar refractivity (Wildman–Crippen MR) is 426 cm³/mol. The molecule has 4 aliphatic heterocycles. The maximum atomic E-state index is 12.5. The van der Waals surface area contributed by atoms with Crippen LogP contribution in [0.3, 0.4) is 0 Å². The maximum absolute atomic E-state index is 12.5. The van der Waals surface area contributed by atoms with Gasteiger partial charge in [-0.2, -0.15) is 40.3 Å². The smallest absolute Gasteiger partial charge is 0.303 e. The van der Waals surface area contributed by atoms with E-state index in [1.807, 2.05) is 141 Å². The van der Waals surface area contributed by atoms with Crippen LogP contribution >= 0.6 is 0 Å². The van der Waals surface area contributed by atoms with Crippen LogP contribution < -0.4 is 16.4 Å². The monoisotopic (exact) mass is 1570 g/mol. The number of alkyl halides is 1. The number of carbonyl (C=O) groups is 5. The molecule has 0 saturated carbocycles. The van der Waals surface area contributed by atoms with E-state index in [2.05, 4.69) is 94.8 Å². The summed E-state index contributed by atoms with van der Waals surface area (Å²) in [6, 6.07) is 29.5. The number of hydrogen-bond donors (Lipinski definition) is 4. The van der Waals surface area contributed by atoms with Gasteiger partial charge in [0.2, 0.25) is 64.6 Å². The Morgan fingerprint density at radius 2 is 0.800 bits per heavy atom. The normalized spacial score (nSPS) is 15.0. The van der Waals surface area contributed by atoms with E-state index >= 15 is 0 Å². The number of halogens is 1. The number of hydrogen-bond acceptors (Lipinski definition) is 24. The highest BCUT2D eigenvalue weighted by Crippen LogP contribution is 2.35. The summed E-state index contributed by atoms with van der Waals surface area (Å²) in [4.78, 5) is 85.4. The lowest BCUT2D eigenvalue weighted by Gasteiger charge is -2.30. The summed E-state index contributed by atoms with van der Waals surface area (Å²) in [5, 5.41) is 52.7. The topological polar surface area (TPSA) is 405 Å². The van der Waals surface area contributed by atoms with Gasteiger partial charge in [0.25, 0.3) is 5.91 Å². The number of aromatic nitrogens is 17. The average Bonchev–Trinajstić information content (AvgIpc) is 1.66. The second-order valence-electron chi connectivity index (χ2n) is 28.8. The van der Waals surface area contributed by atoms with Crippen LogP contribution in [0.4, 0.5) is 4.39 Å². The summed E-state index contributed by atoms with van der Waals surface area (Å²) in [6.07, 6.45) is 9.25. The molecule has 9 aromatic heterocycles. The van der Waals surface area contributed by atoms with Gasteiger partial charge in [0.05, 0.1) is 66.5 Å². The zero-order valence-corrected chi connectivity index (χ0v) is 66.4. The number of carboxylic acids is 1. The molecule has 33 nitrogen and oxygen atoms in total. The van der Waals surface area contributed by atoms with Gasteiger partial charge in [-0.15, -0.1) is 0 Å². The highest BCUT2D eigenvalue weighted by atomic mass is 19.1. The van der Waals surface area contributed by atoms with E-state index in [9.17, 15) is 28.4 Å². The zero-order valence-electron chi connectivity index (χ0n) is 67.4. The first kappa shape index (κ1) is 80.7. The third kappa shape index (κ3) is 19.3. The molecule has 115 heavy (non-hydrogen) atoms. The zero-order chi connectivity index (χ0) is 82.3. The SMILES string of the molecule is CCC(=O)N1CCC(c2nc(-c3ccc4c(C)nn(C)c4c3)no2)CC1.CCC(=O)O.Cc1nn(C)c2cc(-c3noc(C4CCN(C(=O)CN)CC4)n3)ccc12.Cc1nn(C)c2cc(-c3noc(C4CCN(C(=O)CNC(=O)c5ccccn5)CC4)n3)ccc12.Cc1nn(C)c2cc(-c3noc(C4CCNCC4)n3)ccc12.[2H]CF. The third-order valence-electron chi connectivity index (χ3n) is 21.3. The number of pyridine rings is 1. The molecule has 0 unspecified atom stereocenters. The Hall–Kier alpha value is -12.3. The number of nitrogens with one attached hydrogen (secondary N) is 2. The molecule has 5 N–H and O–H groups in total. The second-order valence-corrected chi connectivity index (χ2v) is 28.8. The van der Waals surface area contributed by atoms with Crippen molar-refractivity contribution < 1.29 is 52.9 Å². The summed E-state index contributed by atoms with van der Waals surface area (Å²) in [5.41, 5.74) is 17.6. The largest absolute Gasteiger partial charge is 0.481 e. The first-order chi connectivity index (χ1) is 56.0. The molecule has 13 heterocycles. The van der Waals surface area contributed by atoms with Crippen molar-refractivity contribution in [3.63, 3.8) is 0 Å². The minimum absolute atomic E-state index is 0.00515. The van der Waals surface area contributed by atoms with Gasteiger partial charge < -0.3 is 54.3 Å². The number of nitrogens with zero attached hydrogens (tertiary/aromatic N) is 20. The number of benzene rings is 4. The molecule has 0 bridgehead atoms. The van der Waals surface area contributed by atoms with Gasteiger partial charge in [0.15, 0.2) is 0 Å². The Morgan fingerprint density at radius 1 is 0.487 bits per heavy atom. The molecule has 0 atom stereocenters. The summed E-state index contributed by atoms with van der Waals surface area (Å²) in [7, 11) is 6.74. The Bertz CT molecular complexity index is 5380. The van der Waals surface area contributed by atoms with Crippen LogP contribution in [0.25, 0.3) is 89.2 Å². The van der Waals surface area contributed by atoms with Crippen molar-refractivity contribution in [3.8, 4) is 45.6 Å². The van der Waals surface area contributed by atoms with Crippen LogP contribution in [0.2, 0.25) is 0 Å². The minimum Gasteiger partial charge on any atom is -0.481 e. The van der Waals surface area contributed by atoms with Crippen molar-refractivity contribution in [2.24, 2.45) is 33.9 Å². The Labute approximate surface area is 663 Å². The summed E-state index contributed by atoms with van der Waals surface area (Å²) in [6.45, 7) is 17.6. The van der Waals surface area contributed by atoms with Gasteiger partial charge in [-0.25, -0.2) is 0 Å². The number of fused-ring (bicyclic) bond motifs is 4. The highest BCUT2D eigenvalue weighted by molar-refractivity contribution is 5.95. The fraction of sp³-hybridized carbons (Fsp3) is 0.432. The van der Waals surface area contributed by atoms with Gasteiger partial charge in [-0.3, -0.25) is 52.1 Å². The van der Waals surface area contributed by atoms with Crippen molar-refractivity contribution >= 4 is 73.2 Å². The standard InChI is InChI=1S/C24H25N7O3.C19H23N5O2.C18H22N6O2.C16H19N5O.C3H6O2.CH3F/c1-15-18-7-6-17(13-20(18)30(2)28-15)22-27-24(34-29-22)16-8-11-31(12-9-16)21(32)14-26-23(33)19-5-3-4-10-25-19;1-4-17(25)24-9-7-13(8-10-24)19-20-18(22-26-19)14-5-6-15-12(2)21-23(3)16(15)11-14;1-11-14-4-3-13(9-15(14)23(2)21-11)17-20-18(26-22-17)12-5-7-24(8-6-12)16(25)10-19;1-10-13-4-3-12(9-14(13)21(2)19-10)15-18-16(22-20-15)11-5-7-17-8-6-11;1-2-3(4)5;1-2/h3-7,10,13,16H,8-9,11-12,14H2,1-2H3,(H,26,33);5-6,11,13H,4,7-10H2,1-3H3;3-4,9,12H,5-8,10,19H2,1-2H3;3-4,9,11,17H,5-8H2,1-2H3;2H2,1H3,(H,4,5);1H3/i;;;;;1D. The third-order valence-corrected chi connectivity index (χ3v) is 21.3. The van der Waals surface area contributed by atoms with Gasteiger partial charge >= 0.3 is 5.97 Å². The number of amides is 4. The number of likely N-dealkylation sites (tertiary alicyclic amines) is 3. The van der Waals surface area contributed by atoms with Crippen LogP contribution in [0.5, 0.6) is 0 Å². The van der Waals surface area contributed by atoms with E-state index < -0.39 is 13.1 Å². The van der Waals surface area contributed by atoms with Crippen molar-refractivity contribution in [3.05, 3.63) is 149 Å². The quantitative estimate of drug-likeness (QED) is 0.0785. The van der Waals surface area contributed by atoms with Crippen LogP contribution in [0.1, 0.15) is 160 Å². The molecule has 34 heteroatoms. The van der Waals surface area contributed by atoms with E-state index in [1.165, 1.54) is 0 Å². The fourth-order valence-corrected chi connectivity index (χ4v) is 14.8. The molecule has 4 aliphatic rings. The Morgan fingerprint density at radius 3 is 1.10 bits per heavy atom. The van der Waals surface area contributed by atoms with Crippen molar-refractivity contribution in [2.45, 2.75) is 129 Å². The number of nitrogens with two attached hydrogens (primary N) is 1. The van der Waals surface area contributed by atoms with Gasteiger partial charge in [0, 0.05) is 154 Å². The van der Waals surface area contributed by atoms with E-state index in [-0.39, 0.29) is 60.9 Å². The number of rotatable bonds is 14. The maximum Gasteiger partial charge on any atom is 0.303 e. The van der Waals surface area contributed by atoms with Gasteiger partial charge in [-0.1, -0.05) is 89.1 Å². The minimum atomic E-state index is -1.00. The molecule has 0 radical (unpaired) electrons. The molecule has 604 valence electrons. The Balaban J connectivity index is 0.000000139.